The van der Waals surface area contributed by atoms with Crippen LogP contribution >= 0.6 is 7.75 Å². The van der Waals surface area contributed by atoms with Crippen LogP contribution in [0.1, 0.15) is 39.8 Å². The number of anilines is 2. The topological polar surface area (TPSA) is 176 Å². The van der Waals surface area contributed by atoms with Gasteiger partial charge in [-0.3, -0.25) is 13.9 Å². The van der Waals surface area contributed by atoms with Crippen molar-refractivity contribution < 1.29 is 37.4 Å². The van der Waals surface area contributed by atoms with Crippen LogP contribution < -0.4 is 20.2 Å². The van der Waals surface area contributed by atoms with Crippen LogP contribution in [-0.2, 0) is 23.4 Å². The van der Waals surface area contributed by atoms with Crippen LogP contribution in [0.4, 0.5) is 16.2 Å². The largest absolute Gasteiger partial charge is 0.462 e. The van der Waals surface area contributed by atoms with Crippen LogP contribution in [0.5, 0.6) is 5.75 Å². The summed E-state index contributed by atoms with van der Waals surface area (Å²) in [5.41, 5.74) is 3.71. The smallest absolute Gasteiger partial charge is 0.459 e. The molecule has 2 aromatic carbocycles. The Labute approximate surface area is 276 Å². The number of fused-ring (bicyclic) bond motifs is 2. The van der Waals surface area contributed by atoms with Gasteiger partial charge in [0.15, 0.2) is 23.2 Å². The Morgan fingerprint density at radius 2 is 2.00 bits per heavy atom. The molecule has 6 atom stereocenters. The zero-order valence-corrected chi connectivity index (χ0v) is 27.7. The van der Waals surface area contributed by atoms with E-state index in [9.17, 15) is 14.5 Å². The Morgan fingerprint density at radius 3 is 2.71 bits per heavy atom. The third-order valence-corrected chi connectivity index (χ3v) is 9.83. The van der Waals surface area contributed by atoms with Crippen LogP contribution in [0.25, 0.3) is 21.9 Å². The maximum absolute atomic E-state index is 16.5. The zero-order chi connectivity index (χ0) is 34.4. The summed E-state index contributed by atoms with van der Waals surface area (Å²) in [6.45, 7) is 4.12. The highest BCUT2D eigenvalue weighted by molar-refractivity contribution is 7.52. The molecule has 14 nitrogen and oxygen atoms in total. The molecule has 1 unspecified atom stereocenters. The molecule has 1 saturated heterocycles. The summed E-state index contributed by atoms with van der Waals surface area (Å²) in [5, 5.41) is 15.2. The van der Waals surface area contributed by atoms with Crippen LogP contribution in [0.15, 0.2) is 48.8 Å². The van der Waals surface area contributed by atoms with Gasteiger partial charge in [0.25, 0.3) is 0 Å². The number of halogens is 1. The average Bonchev–Trinajstić information content (AvgIpc) is 3.78. The van der Waals surface area contributed by atoms with Crippen LogP contribution in [0, 0.1) is 12.3 Å². The fraction of sp³-hybridized carbons (Fsp3) is 0.438. The maximum atomic E-state index is 16.5. The molecule has 0 spiro atoms. The molecule has 4 aromatic rings. The standard InChI is InChI=1S/C32H37FN7O7P/c1-6-32(33)26(41)24(46-30(32)40-17-35-25-27(39(5)21-14-15-21)36-31(34)37-28(25)40)16-44-48(43,38-19(4)29(42)45-18(2)3)47-23-13-9-11-20-10-7-8-12-22(20)23/h1,7-13,17-19,21,24,26,30,41H,14-16H2,2-5H3,(H,38,43)(H2,34,36,37)/t19-,24+,26+,30+,32+,48?/m0/s1. The molecule has 1 aliphatic carbocycles. The van der Waals surface area contributed by atoms with E-state index in [1.165, 1.54) is 17.8 Å². The second kappa shape index (κ2) is 12.9. The lowest BCUT2D eigenvalue weighted by atomic mass is 9.97. The Kier molecular flexibility index (Phi) is 9.06. The van der Waals surface area contributed by atoms with Crippen molar-refractivity contribution in [2.24, 2.45) is 0 Å². The molecule has 48 heavy (non-hydrogen) atoms. The number of carbonyl (C=O) groups is 1. The number of nitrogens with zero attached hydrogens (tertiary/aromatic N) is 5. The van der Waals surface area contributed by atoms with Crippen LogP contribution in [0.2, 0.25) is 0 Å². The van der Waals surface area contributed by atoms with Gasteiger partial charge in [-0.25, -0.2) is 13.9 Å². The predicted octanol–water partition coefficient (Wildman–Crippen LogP) is 3.89. The number of aliphatic hydroxyl groups excluding tert-OH is 1. The molecule has 0 amide bonds. The number of aromatic nitrogens is 4. The number of benzene rings is 2. The monoisotopic (exact) mass is 681 g/mol. The van der Waals surface area contributed by atoms with Gasteiger partial charge in [-0.15, -0.1) is 6.42 Å². The second-order valence-electron chi connectivity index (χ2n) is 12.2. The molecule has 1 aliphatic heterocycles. The Morgan fingerprint density at radius 1 is 1.27 bits per heavy atom. The number of esters is 1. The molecule has 254 valence electrons. The van der Waals surface area contributed by atoms with Crippen molar-refractivity contribution in [2.75, 3.05) is 24.3 Å². The number of terminal acetylenes is 1. The van der Waals surface area contributed by atoms with E-state index in [4.69, 9.17) is 30.7 Å². The van der Waals surface area contributed by atoms with Crippen molar-refractivity contribution >= 4 is 47.4 Å². The van der Waals surface area contributed by atoms with E-state index in [0.717, 1.165) is 18.2 Å². The third kappa shape index (κ3) is 6.42. The second-order valence-corrected chi connectivity index (χ2v) is 13.8. The molecule has 2 aliphatic rings. The van der Waals surface area contributed by atoms with Gasteiger partial charge in [0.05, 0.1) is 19.0 Å². The molecule has 2 aromatic heterocycles. The Bertz CT molecular complexity index is 1930. The van der Waals surface area contributed by atoms with Crippen molar-refractivity contribution in [3.8, 4) is 18.1 Å². The van der Waals surface area contributed by atoms with Crippen molar-refractivity contribution in [1.82, 2.24) is 24.6 Å². The average molecular weight is 682 g/mol. The molecule has 0 bridgehead atoms. The van der Waals surface area contributed by atoms with E-state index in [0.29, 0.717) is 16.7 Å². The van der Waals surface area contributed by atoms with Crippen molar-refractivity contribution in [3.63, 3.8) is 0 Å². The number of nitrogens with two attached hydrogens (primary N) is 1. The number of rotatable bonds is 12. The van der Waals surface area contributed by atoms with E-state index in [2.05, 4.69) is 20.0 Å². The van der Waals surface area contributed by atoms with E-state index < -0.39 is 56.6 Å². The molecule has 16 heteroatoms. The van der Waals surface area contributed by atoms with Gasteiger partial charge in [0.2, 0.25) is 11.6 Å². The van der Waals surface area contributed by atoms with E-state index in [-0.39, 0.29) is 23.4 Å². The van der Waals surface area contributed by atoms with Crippen LogP contribution in [-0.4, -0.2) is 80.3 Å². The number of imidazole rings is 1. The van der Waals surface area contributed by atoms with Crippen LogP contribution in [0.3, 0.4) is 0 Å². The first-order chi connectivity index (χ1) is 22.8. The number of alkyl halides is 1. The minimum atomic E-state index is -4.45. The fourth-order valence-corrected chi connectivity index (χ4v) is 7.09. The summed E-state index contributed by atoms with van der Waals surface area (Å²) in [4.78, 5) is 27.6. The lowest BCUT2D eigenvalue weighted by molar-refractivity contribution is -0.149. The zero-order valence-electron chi connectivity index (χ0n) is 26.8. The Balaban J connectivity index is 1.29. The fourth-order valence-electron chi connectivity index (χ4n) is 5.57. The summed E-state index contributed by atoms with van der Waals surface area (Å²) < 4.78 is 55.0. The van der Waals surface area contributed by atoms with Gasteiger partial charge in [0, 0.05) is 18.5 Å². The molecule has 2 fully saturated rings. The molecular formula is C32H37FN7O7P. The highest BCUT2D eigenvalue weighted by Gasteiger charge is 2.58. The van der Waals surface area contributed by atoms with Crippen molar-refractivity contribution in [1.29, 1.82) is 0 Å². The molecular weight excluding hydrogens is 644 g/mol. The lowest BCUT2D eigenvalue weighted by Gasteiger charge is -2.25. The summed E-state index contributed by atoms with van der Waals surface area (Å²) >= 11 is 0. The first-order valence-corrected chi connectivity index (χ1v) is 17.0. The summed E-state index contributed by atoms with van der Waals surface area (Å²) in [5.74, 6) is 1.89. The summed E-state index contributed by atoms with van der Waals surface area (Å²) in [7, 11) is -2.59. The summed E-state index contributed by atoms with van der Waals surface area (Å²) in [6.07, 6.45) is 3.42. The van der Waals surface area contributed by atoms with Crippen molar-refractivity contribution in [3.05, 3.63) is 48.8 Å². The number of nitrogens with one attached hydrogen (secondary N) is 1. The van der Waals surface area contributed by atoms with Gasteiger partial charge in [0.1, 0.15) is 24.0 Å². The number of aliphatic hydroxyl groups is 1. The van der Waals surface area contributed by atoms with Gasteiger partial charge < -0.3 is 29.7 Å². The van der Waals surface area contributed by atoms with E-state index in [1.807, 2.05) is 36.1 Å². The minimum Gasteiger partial charge on any atom is -0.462 e. The molecule has 1 saturated carbocycles. The predicted molar refractivity (Wildman–Crippen MR) is 176 cm³/mol. The van der Waals surface area contributed by atoms with Gasteiger partial charge in [-0.05, 0) is 45.1 Å². The third-order valence-electron chi connectivity index (χ3n) is 8.20. The number of hydrogen-bond acceptors (Lipinski definition) is 12. The number of nitrogen functional groups attached to an aromatic ring is 1. The number of carbonyl (C=O) groups excluding carboxylic acids is 1. The highest BCUT2D eigenvalue weighted by Crippen LogP contribution is 2.49. The van der Waals surface area contributed by atoms with Crippen molar-refractivity contribution in [2.45, 2.75) is 75.9 Å². The normalized spacial score (nSPS) is 24.3. The highest BCUT2D eigenvalue weighted by atomic mass is 31.2. The number of ether oxygens (including phenoxy) is 2. The van der Waals surface area contributed by atoms with E-state index in [1.54, 1.807) is 38.1 Å². The van der Waals surface area contributed by atoms with E-state index >= 15 is 4.39 Å². The molecule has 3 heterocycles. The minimum absolute atomic E-state index is 0.0712. The maximum Gasteiger partial charge on any atom is 0.459 e. The SMILES string of the molecule is C#C[C@@]1(F)[C@H](O)[C@@H](COP(=O)(N[C@@H](C)C(=O)OC(C)C)Oc2cccc3ccccc23)O[C@H]1n1cnc2c(N(C)C3CC3)nc(N)nc21. The first kappa shape index (κ1) is 33.6. The Hall–Kier alpha value is -4.32. The first-order valence-electron chi connectivity index (χ1n) is 15.5. The van der Waals surface area contributed by atoms with Gasteiger partial charge >= 0.3 is 13.7 Å². The quantitative estimate of drug-likeness (QED) is 0.112. The summed E-state index contributed by atoms with van der Waals surface area (Å²) in [6, 6.07) is 11.5. The van der Waals surface area contributed by atoms with Gasteiger partial charge in [-0.2, -0.15) is 15.1 Å². The lowest BCUT2D eigenvalue weighted by Crippen LogP contribution is -2.42. The van der Waals surface area contributed by atoms with Gasteiger partial charge in [-0.1, -0.05) is 42.3 Å². The molecule has 4 N–H and O–H groups in total. The number of hydrogen-bond donors (Lipinski definition) is 3. The molecule has 0 radical (unpaired) electrons. The molecule has 6 rings (SSSR count).